The molecule has 1 saturated heterocycles. The fourth-order valence-electron chi connectivity index (χ4n) is 1.98. The molecule has 88 valence electrons. The number of carbonyl (C=O) groups is 1. The van der Waals surface area contributed by atoms with Crippen LogP contribution >= 0.6 is 0 Å². The van der Waals surface area contributed by atoms with Crippen LogP contribution in [0.3, 0.4) is 0 Å². The number of rotatable bonds is 4. The van der Waals surface area contributed by atoms with Gasteiger partial charge in [0.15, 0.2) is 6.29 Å². The van der Waals surface area contributed by atoms with E-state index in [4.69, 9.17) is 4.74 Å². The van der Waals surface area contributed by atoms with Crippen molar-refractivity contribution in [1.82, 2.24) is 4.90 Å². The number of hydrogen-bond donors (Lipinski definition) is 1. The van der Waals surface area contributed by atoms with E-state index in [1.54, 1.807) is 0 Å². The highest BCUT2D eigenvalue weighted by molar-refractivity contribution is 5.76. The summed E-state index contributed by atoms with van der Waals surface area (Å²) < 4.78 is 5.03. The van der Waals surface area contributed by atoms with E-state index in [1.807, 2.05) is 18.7 Å². The highest BCUT2D eigenvalue weighted by Gasteiger charge is 2.24. The second-order valence-electron chi connectivity index (χ2n) is 3.99. The zero-order valence-electron chi connectivity index (χ0n) is 9.61. The van der Waals surface area contributed by atoms with Gasteiger partial charge in [0, 0.05) is 25.9 Å². The van der Waals surface area contributed by atoms with E-state index in [9.17, 15) is 9.90 Å². The summed E-state index contributed by atoms with van der Waals surface area (Å²) in [5, 5.41) is 9.30. The first-order valence-electron chi connectivity index (χ1n) is 5.74. The summed E-state index contributed by atoms with van der Waals surface area (Å²) in [6.45, 7) is 6.07. The molecule has 1 rings (SSSR count). The van der Waals surface area contributed by atoms with E-state index in [0.717, 1.165) is 19.5 Å². The molecule has 0 aromatic heterocycles. The molecule has 0 aromatic carbocycles. The molecule has 1 fully saturated rings. The Balaban J connectivity index is 2.36. The summed E-state index contributed by atoms with van der Waals surface area (Å²) in [4.78, 5) is 13.6. The molecule has 0 saturated carbocycles. The lowest BCUT2D eigenvalue weighted by molar-refractivity contribution is -0.146. The van der Waals surface area contributed by atoms with Crippen LogP contribution < -0.4 is 0 Å². The average molecular weight is 215 g/mol. The molecule has 0 aliphatic carbocycles. The van der Waals surface area contributed by atoms with Gasteiger partial charge in [-0.15, -0.1) is 0 Å². The van der Waals surface area contributed by atoms with E-state index in [0.29, 0.717) is 19.4 Å². The van der Waals surface area contributed by atoms with Crippen molar-refractivity contribution in [1.29, 1.82) is 0 Å². The van der Waals surface area contributed by atoms with Crippen LogP contribution in [0.1, 0.15) is 33.1 Å². The molecule has 4 nitrogen and oxygen atoms in total. The molecule has 0 spiro atoms. The maximum atomic E-state index is 11.8. The van der Waals surface area contributed by atoms with Crippen LogP contribution in [-0.2, 0) is 9.53 Å². The molecular weight excluding hydrogens is 194 g/mol. The molecule has 4 heteroatoms. The maximum absolute atomic E-state index is 11.8. The summed E-state index contributed by atoms with van der Waals surface area (Å²) in [7, 11) is 0. The highest BCUT2D eigenvalue weighted by atomic mass is 16.6. The first-order valence-corrected chi connectivity index (χ1v) is 5.74. The number of ether oxygens (including phenoxy) is 1. The van der Waals surface area contributed by atoms with Crippen molar-refractivity contribution in [2.75, 3.05) is 19.7 Å². The van der Waals surface area contributed by atoms with Crippen molar-refractivity contribution >= 4 is 5.91 Å². The molecule has 15 heavy (non-hydrogen) atoms. The zero-order chi connectivity index (χ0) is 11.3. The molecule has 0 bridgehead atoms. The van der Waals surface area contributed by atoms with Crippen molar-refractivity contribution in [3.63, 3.8) is 0 Å². The molecule has 1 heterocycles. The zero-order valence-corrected chi connectivity index (χ0v) is 9.61. The van der Waals surface area contributed by atoms with Gasteiger partial charge in [0.25, 0.3) is 0 Å². The predicted molar refractivity (Wildman–Crippen MR) is 57.2 cm³/mol. The van der Waals surface area contributed by atoms with Gasteiger partial charge >= 0.3 is 0 Å². The monoisotopic (exact) mass is 215 g/mol. The number of nitrogens with zero attached hydrogens (tertiary/aromatic N) is 1. The Bertz CT molecular complexity index is 204. The van der Waals surface area contributed by atoms with Crippen molar-refractivity contribution in [2.24, 2.45) is 5.92 Å². The second-order valence-corrected chi connectivity index (χ2v) is 3.99. The molecule has 0 aromatic rings. The first kappa shape index (κ1) is 12.5. The van der Waals surface area contributed by atoms with Gasteiger partial charge in [0.05, 0.1) is 6.61 Å². The Morgan fingerprint density at radius 3 is 2.67 bits per heavy atom. The summed E-state index contributed by atoms with van der Waals surface area (Å²) >= 11 is 0. The Labute approximate surface area is 91.2 Å². The normalized spacial score (nSPS) is 26.3. The van der Waals surface area contributed by atoms with Crippen LogP contribution in [0, 0.1) is 5.92 Å². The van der Waals surface area contributed by atoms with Crippen LogP contribution in [0.2, 0.25) is 0 Å². The minimum absolute atomic E-state index is 0.194. The van der Waals surface area contributed by atoms with Crippen molar-refractivity contribution < 1.29 is 14.6 Å². The van der Waals surface area contributed by atoms with E-state index < -0.39 is 6.29 Å². The molecular formula is C11H21NO3. The van der Waals surface area contributed by atoms with Crippen LogP contribution in [0.4, 0.5) is 0 Å². The Hall–Kier alpha value is -0.610. The molecule has 1 amide bonds. The third-order valence-corrected chi connectivity index (χ3v) is 2.95. The molecule has 0 radical (unpaired) electrons. The fourth-order valence-corrected chi connectivity index (χ4v) is 1.98. The van der Waals surface area contributed by atoms with Gasteiger partial charge in [-0.3, -0.25) is 4.79 Å². The summed E-state index contributed by atoms with van der Waals surface area (Å²) in [5.41, 5.74) is 0. The first-order chi connectivity index (χ1) is 7.17. The molecule has 2 unspecified atom stereocenters. The maximum Gasteiger partial charge on any atom is 0.222 e. The molecule has 1 aliphatic rings. The minimum atomic E-state index is -0.673. The predicted octanol–water partition coefficient (Wildman–Crippen LogP) is 0.990. The lowest BCUT2D eigenvalue weighted by atomic mass is 9.95. The number of aliphatic hydroxyl groups is 1. The number of carbonyl (C=O) groups excluding carboxylic acids is 1. The topological polar surface area (TPSA) is 49.8 Å². The van der Waals surface area contributed by atoms with Gasteiger partial charge in [-0.2, -0.15) is 0 Å². The largest absolute Gasteiger partial charge is 0.368 e. The van der Waals surface area contributed by atoms with Gasteiger partial charge < -0.3 is 14.7 Å². The Kier molecular flexibility index (Phi) is 5.05. The number of hydrogen-bond acceptors (Lipinski definition) is 3. The fraction of sp³-hybridized carbons (Fsp3) is 0.909. The van der Waals surface area contributed by atoms with Gasteiger partial charge in [0.2, 0.25) is 5.91 Å². The third kappa shape index (κ3) is 3.80. The summed E-state index contributed by atoms with van der Waals surface area (Å²) in [5.74, 6) is 0.473. The van der Waals surface area contributed by atoms with Gasteiger partial charge in [-0.05, 0) is 26.2 Å². The van der Waals surface area contributed by atoms with Gasteiger partial charge in [0.1, 0.15) is 0 Å². The quantitative estimate of drug-likeness (QED) is 0.761. The van der Waals surface area contributed by atoms with Crippen LogP contribution in [-0.4, -0.2) is 41.9 Å². The lowest BCUT2D eigenvalue weighted by Gasteiger charge is -2.28. The van der Waals surface area contributed by atoms with Crippen LogP contribution in [0.25, 0.3) is 0 Å². The average Bonchev–Trinajstić information content (AvgIpc) is 2.19. The van der Waals surface area contributed by atoms with Crippen molar-refractivity contribution in [2.45, 2.75) is 39.4 Å². The van der Waals surface area contributed by atoms with E-state index in [1.165, 1.54) is 0 Å². The molecule has 1 N–H and O–H groups in total. The lowest BCUT2D eigenvalue weighted by Crippen LogP contribution is -2.34. The SMILES string of the molecule is CCN(CC)C(=O)CC1CCOC(O)C1. The smallest absolute Gasteiger partial charge is 0.222 e. The summed E-state index contributed by atoms with van der Waals surface area (Å²) in [6.07, 6.45) is 1.34. The van der Waals surface area contributed by atoms with Gasteiger partial charge in [-0.1, -0.05) is 0 Å². The van der Waals surface area contributed by atoms with E-state index >= 15 is 0 Å². The molecule has 1 aliphatic heterocycles. The van der Waals surface area contributed by atoms with Crippen molar-refractivity contribution in [3.8, 4) is 0 Å². The van der Waals surface area contributed by atoms with E-state index in [2.05, 4.69) is 0 Å². The minimum Gasteiger partial charge on any atom is -0.368 e. The van der Waals surface area contributed by atoms with E-state index in [-0.39, 0.29) is 11.8 Å². The van der Waals surface area contributed by atoms with Crippen molar-refractivity contribution in [3.05, 3.63) is 0 Å². The van der Waals surface area contributed by atoms with Crippen LogP contribution in [0.15, 0.2) is 0 Å². The Morgan fingerprint density at radius 1 is 1.47 bits per heavy atom. The number of amides is 1. The number of aliphatic hydroxyl groups excluding tert-OH is 1. The highest BCUT2D eigenvalue weighted by Crippen LogP contribution is 2.22. The Morgan fingerprint density at radius 2 is 2.13 bits per heavy atom. The van der Waals surface area contributed by atoms with Crippen LogP contribution in [0.5, 0.6) is 0 Å². The second kappa shape index (κ2) is 6.08. The standard InChI is InChI=1S/C11H21NO3/c1-3-12(4-2)10(13)7-9-5-6-15-11(14)8-9/h9,11,14H,3-8H2,1-2H3. The summed E-state index contributed by atoms with van der Waals surface area (Å²) in [6, 6.07) is 0. The third-order valence-electron chi connectivity index (χ3n) is 2.95. The molecule has 2 atom stereocenters. The van der Waals surface area contributed by atoms with Gasteiger partial charge in [-0.25, -0.2) is 0 Å².